The summed E-state index contributed by atoms with van der Waals surface area (Å²) in [7, 11) is -3.31. The van der Waals surface area contributed by atoms with Crippen molar-refractivity contribution >= 4 is 44.9 Å². The minimum Gasteiger partial charge on any atom is -0.335 e. The Kier molecular flexibility index (Phi) is 4.53. The van der Waals surface area contributed by atoms with Crippen LogP contribution in [0.15, 0.2) is 18.2 Å². The molecule has 1 aromatic rings. The Morgan fingerprint density at radius 1 is 1.08 bits per heavy atom. The Hall–Kier alpha value is -1.31. The number of benzene rings is 1. The Labute approximate surface area is 150 Å². The van der Waals surface area contributed by atoms with Gasteiger partial charge in [-0.05, 0) is 12.1 Å². The van der Waals surface area contributed by atoms with E-state index in [2.05, 4.69) is 0 Å². The van der Waals surface area contributed by atoms with Crippen molar-refractivity contribution in [1.82, 2.24) is 9.80 Å². The maximum absolute atomic E-state index is 12.9. The molecule has 24 heavy (non-hydrogen) atoms. The molecule has 0 spiro atoms. The van der Waals surface area contributed by atoms with Crippen molar-refractivity contribution in [3.8, 4) is 0 Å². The molecule has 0 saturated carbocycles. The van der Waals surface area contributed by atoms with E-state index in [0.717, 1.165) is 0 Å². The molecular weight excluding hydrogens is 375 g/mol. The summed E-state index contributed by atoms with van der Waals surface area (Å²) in [6, 6.07) is 3.69. The summed E-state index contributed by atoms with van der Waals surface area (Å²) in [5.74, 6) is -0.817. The van der Waals surface area contributed by atoms with Gasteiger partial charge in [-0.1, -0.05) is 29.3 Å². The molecule has 130 valence electrons. The predicted molar refractivity (Wildman–Crippen MR) is 91.1 cm³/mol. The van der Waals surface area contributed by atoms with Crippen LogP contribution in [0.1, 0.15) is 17.3 Å². The van der Waals surface area contributed by atoms with Crippen molar-refractivity contribution in [2.75, 3.05) is 24.6 Å². The number of sulfone groups is 1. The van der Waals surface area contributed by atoms with E-state index >= 15 is 0 Å². The SMILES string of the molecule is CC(=O)N1CCN(C(=O)c2cccc(Cl)c2Cl)[C@H]2CS(=O)(=O)C[C@H]21. The third kappa shape index (κ3) is 3.00. The van der Waals surface area contributed by atoms with E-state index in [1.54, 1.807) is 23.1 Å². The lowest BCUT2D eigenvalue weighted by Gasteiger charge is -2.43. The lowest BCUT2D eigenvalue weighted by atomic mass is 10.0. The number of hydrogen-bond donors (Lipinski definition) is 0. The molecular formula is C15H16Cl2N2O4S. The first-order chi connectivity index (χ1) is 11.2. The third-order valence-electron chi connectivity index (χ3n) is 4.52. The number of carbonyl (C=O) groups is 2. The van der Waals surface area contributed by atoms with Gasteiger partial charge in [0.05, 0.1) is 39.2 Å². The van der Waals surface area contributed by atoms with E-state index in [1.807, 2.05) is 0 Å². The summed E-state index contributed by atoms with van der Waals surface area (Å²) in [4.78, 5) is 27.7. The maximum Gasteiger partial charge on any atom is 0.255 e. The molecule has 2 amide bonds. The summed E-state index contributed by atoms with van der Waals surface area (Å²) < 4.78 is 24.1. The van der Waals surface area contributed by atoms with Crippen LogP contribution in [0.25, 0.3) is 0 Å². The molecule has 6 nitrogen and oxygen atoms in total. The van der Waals surface area contributed by atoms with Crippen LogP contribution < -0.4 is 0 Å². The van der Waals surface area contributed by atoms with E-state index in [1.165, 1.54) is 11.8 Å². The fourth-order valence-electron chi connectivity index (χ4n) is 3.42. The number of amides is 2. The molecule has 0 radical (unpaired) electrons. The quantitative estimate of drug-likeness (QED) is 0.727. The lowest BCUT2D eigenvalue weighted by molar-refractivity contribution is -0.133. The summed E-state index contributed by atoms with van der Waals surface area (Å²) in [6.45, 7) is 1.97. The van der Waals surface area contributed by atoms with E-state index in [4.69, 9.17) is 23.2 Å². The first-order valence-corrected chi connectivity index (χ1v) is 10.0. The van der Waals surface area contributed by atoms with Crippen LogP contribution in [0.4, 0.5) is 0 Å². The Morgan fingerprint density at radius 3 is 2.29 bits per heavy atom. The molecule has 2 fully saturated rings. The first-order valence-electron chi connectivity index (χ1n) is 7.44. The van der Waals surface area contributed by atoms with Gasteiger partial charge in [-0.15, -0.1) is 0 Å². The van der Waals surface area contributed by atoms with Crippen molar-refractivity contribution in [3.63, 3.8) is 0 Å². The third-order valence-corrected chi connectivity index (χ3v) is 7.04. The van der Waals surface area contributed by atoms with Crippen molar-refractivity contribution in [2.24, 2.45) is 0 Å². The molecule has 1 aromatic carbocycles. The second kappa shape index (κ2) is 6.20. The number of hydrogen-bond acceptors (Lipinski definition) is 4. The number of nitrogens with zero attached hydrogens (tertiary/aromatic N) is 2. The molecule has 9 heteroatoms. The van der Waals surface area contributed by atoms with Gasteiger partial charge < -0.3 is 9.80 Å². The van der Waals surface area contributed by atoms with E-state index in [9.17, 15) is 18.0 Å². The molecule has 3 rings (SSSR count). The highest BCUT2D eigenvalue weighted by atomic mass is 35.5. The van der Waals surface area contributed by atoms with E-state index < -0.39 is 21.9 Å². The summed E-state index contributed by atoms with van der Waals surface area (Å²) >= 11 is 12.1. The number of halogens is 2. The van der Waals surface area contributed by atoms with E-state index in [-0.39, 0.29) is 45.5 Å². The van der Waals surface area contributed by atoms with Gasteiger partial charge in [0.2, 0.25) is 5.91 Å². The molecule has 0 bridgehead atoms. The van der Waals surface area contributed by atoms with Gasteiger partial charge in [-0.25, -0.2) is 8.42 Å². The second-order valence-corrected chi connectivity index (χ2v) is 8.96. The highest BCUT2D eigenvalue weighted by molar-refractivity contribution is 7.91. The summed E-state index contributed by atoms with van der Waals surface area (Å²) in [6.07, 6.45) is 0. The minimum absolute atomic E-state index is 0.121. The molecule has 2 heterocycles. The summed E-state index contributed by atoms with van der Waals surface area (Å²) in [5.41, 5.74) is 0.239. The zero-order chi connectivity index (χ0) is 17.6. The smallest absolute Gasteiger partial charge is 0.255 e. The topological polar surface area (TPSA) is 74.8 Å². The molecule has 0 unspecified atom stereocenters. The van der Waals surface area contributed by atoms with Gasteiger partial charge >= 0.3 is 0 Å². The standard InChI is InChI=1S/C15H16Cl2N2O4S/c1-9(20)18-5-6-19(13-8-24(22,23)7-12(13)18)15(21)10-3-2-4-11(16)14(10)17/h2-4,12-13H,5-8H2,1H3/t12-,13+/m1/s1. The zero-order valence-electron chi connectivity index (χ0n) is 12.9. The largest absolute Gasteiger partial charge is 0.335 e. The maximum atomic E-state index is 12.9. The molecule has 2 aliphatic rings. The van der Waals surface area contributed by atoms with Gasteiger partial charge in [-0.2, -0.15) is 0 Å². The van der Waals surface area contributed by atoms with Crippen LogP contribution in [-0.4, -0.2) is 66.7 Å². The Morgan fingerprint density at radius 2 is 1.67 bits per heavy atom. The second-order valence-electron chi connectivity index (χ2n) is 6.02. The van der Waals surface area contributed by atoms with Crippen LogP contribution in [0.2, 0.25) is 10.0 Å². The van der Waals surface area contributed by atoms with Crippen molar-refractivity contribution < 1.29 is 18.0 Å². The highest BCUT2D eigenvalue weighted by Crippen LogP contribution is 2.31. The van der Waals surface area contributed by atoms with Crippen LogP contribution in [0.5, 0.6) is 0 Å². The lowest BCUT2D eigenvalue weighted by Crippen LogP contribution is -2.61. The number of carbonyl (C=O) groups excluding carboxylic acids is 2. The van der Waals surface area contributed by atoms with Gasteiger partial charge in [0.25, 0.3) is 5.91 Å². The minimum atomic E-state index is -3.31. The molecule has 2 aliphatic heterocycles. The fourth-order valence-corrected chi connectivity index (χ4v) is 5.78. The summed E-state index contributed by atoms with van der Waals surface area (Å²) in [5, 5.41) is 0.413. The van der Waals surface area contributed by atoms with Gasteiger partial charge in [0.15, 0.2) is 9.84 Å². The van der Waals surface area contributed by atoms with Crippen LogP contribution in [0, 0.1) is 0 Å². The molecule has 0 aromatic heterocycles. The van der Waals surface area contributed by atoms with Crippen molar-refractivity contribution in [3.05, 3.63) is 33.8 Å². The first kappa shape index (κ1) is 17.5. The zero-order valence-corrected chi connectivity index (χ0v) is 15.2. The molecule has 2 atom stereocenters. The highest BCUT2D eigenvalue weighted by Gasteiger charge is 2.49. The number of rotatable bonds is 1. The average molecular weight is 391 g/mol. The normalized spacial score (nSPS) is 25.5. The van der Waals surface area contributed by atoms with Gasteiger partial charge in [0, 0.05) is 20.0 Å². The van der Waals surface area contributed by atoms with Crippen molar-refractivity contribution in [2.45, 2.75) is 19.0 Å². The molecule has 0 N–H and O–H groups in total. The molecule has 0 aliphatic carbocycles. The fraction of sp³-hybridized carbons (Fsp3) is 0.467. The average Bonchev–Trinajstić information content (AvgIpc) is 2.82. The monoisotopic (exact) mass is 390 g/mol. The number of piperazine rings is 1. The van der Waals surface area contributed by atoms with Crippen molar-refractivity contribution in [1.29, 1.82) is 0 Å². The van der Waals surface area contributed by atoms with Crippen LogP contribution in [-0.2, 0) is 14.6 Å². The van der Waals surface area contributed by atoms with Gasteiger partial charge in [0.1, 0.15) is 0 Å². The Bertz CT molecular complexity index is 812. The van der Waals surface area contributed by atoms with Crippen LogP contribution >= 0.6 is 23.2 Å². The van der Waals surface area contributed by atoms with Crippen LogP contribution in [0.3, 0.4) is 0 Å². The number of fused-ring (bicyclic) bond motifs is 1. The van der Waals surface area contributed by atoms with Gasteiger partial charge in [-0.3, -0.25) is 9.59 Å². The van der Waals surface area contributed by atoms with E-state index in [0.29, 0.717) is 6.54 Å². The Balaban J connectivity index is 1.96. The predicted octanol–water partition coefficient (Wildman–Crippen LogP) is 1.46. The molecule has 2 saturated heterocycles.